The number of carbonyl (C=O) groups is 1. The zero-order valence-corrected chi connectivity index (χ0v) is 13.2. The Morgan fingerprint density at radius 1 is 1.38 bits per heavy atom. The quantitative estimate of drug-likeness (QED) is 0.781. The molecule has 8 heteroatoms. The Morgan fingerprint density at radius 3 is 2.76 bits per heavy atom. The summed E-state index contributed by atoms with van der Waals surface area (Å²) in [4.78, 5) is 20.0. The van der Waals surface area contributed by atoms with Gasteiger partial charge in [0.2, 0.25) is 9.84 Å². The van der Waals surface area contributed by atoms with E-state index in [9.17, 15) is 13.2 Å². The Hall–Kier alpha value is -1.80. The molecule has 2 heterocycles. The van der Waals surface area contributed by atoms with Gasteiger partial charge >= 0.3 is 5.97 Å². The van der Waals surface area contributed by atoms with Crippen molar-refractivity contribution in [2.75, 3.05) is 6.61 Å². The van der Waals surface area contributed by atoms with E-state index in [0.29, 0.717) is 15.6 Å². The maximum atomic E-state index is 12.2. The minimum atomic E-state index is -3.57. The topological polar surface area (TPSA) is 86.2 Å². The first-order valence-electron chi connectivity index (χ1n) is 6.21. The number of pyridine rings is 1. The maximum absolute atomic E-state index is 12.2. The van der Waals surface area contributed by atoms with Crippen molar-refractivity contribution in [3.63, 3.8) is 0 Å². The monoisotopic (exact) mass is 326 g/mol. The maximum Gasteiger partial charge on any atom is 0.350 e. The Balaban J connectivity index is 2.25. The van der Waals surface area contributed by atoms with E-state index >= 15 is 0 Å². The summed E-state index contributed by atoms with van der Waals surface area (Å²) in [5, 5.41) is 0.344. The van der Waals surface area contributed by atoms with Crippen LogP contribution in [-0.4, -0.2) is 31.0 Å². The highest BCUT2D eigenvalue weighted by molar-refractivity contribution is 7.90. The molecule has 0 aliphatic carbocycles. The molecule has 0 bridgehead atoms. The highest BCUT2D eigenvalue weighted by atomic mass is 32.2. The van der Waals surface area contributed by atoms with Gasteiger partial charge in [-0.15, -0.1) is 11.3 Å². The molecule has 0 amide bonds. The van der Waals surface area contributed by atoms with Gasteiger partial charge in [-0.3, -0.25) is 0 Å². The fourth-order valence-corrected chi connectivity index (χ4v) is 4.17. The molecule has 0 atom stereocenters. The molecule has 21 heavy (non-hydrogen) atoms. The van der Waals surface area contributed by atoms with Crippen LogP contribution in [0.3, 0.4) is 0 Å². The minimum Gasteiger partial charge on any atom is -0.462 e. The number of carbonyl (C=O) groups excluding carboxylic acids is 1. The summed E-state index contributed by atoms with van der Waals surface area (Å²) in [6, 6.07) is 4.69. The van der Waals surface area contributed by atoms with Crippen molar-refractivity contribution in [1.82, 2.24) is 9.97 Å². The van der Waals surface area contributed by atoms with Crippen LogP contribution in [0.2, 0.25) is 0 Å². The summed E-state index contributed by atoms with van der Waals surface area (Å²) in [5.41, 5.74) is 0.477. The smallest absolute Gasteiger partial charge is 0.350 e. The lowest BCUT2D eigenvalue weighted by atomic mass is 10.4. The van der Waals surface area contributed by atoms with Crippen molar-refractivity contribution in [2.24, 2.45) is 0 Å². The molecule has 0 unspecified atom stereocenters. The summed E-state index contributed by atoms with van der Waals surface area (Å²) >= 11 is 1.04. The number of ether oxygens (including phenoxy) is 1. The Morgan fingerprint density at radius 2 is 2.14 bits per heavy atom. The van der Waals surface area contributed by atoms with Crippen molar-refractivity contribution in [3.05, 3.63) is 40.0 Å². The van der Waals surface area contributed by atoms with Gasteiger partial charge in [0, 0.05) is 6.20 Å². The molecule has 0 spiro atoms. The van der Waals surface area contributed by atoms with Gasteiger partial charge in [-0.05, 0) is 26.0 Å². The molecule has 2 aromatic rings. The number of hydrogen-bond acceptors (Lipinski definition) is 7. The normalized spacial score (nSPS) is 11.3. The Kier molecular flexibility index (Phi) is 4.69. The van der Waals surface area contributed by atoms with E-state index in [2.05, 4.69) is 9.97 Å². The molecule has 2 rings (SSSR count). The Labute approximate surface area is 126 Å². The molecule has 0 aliphatic rings. The minimum absolute atomic E-state index is 0.00413. The summed E-state index contributed by atoms with van der Waals surface area (Å²) < 4.78 is 29.3. The lowest BCUT2D eigenvalue weighted by molar-refractivity contribution is 0.0531. The van der Waals surface area contributed by atoms with Gasteiger partial charge in [0.05, 0.1) is 12.3 Å². The molecule has 0 fully saturated rings. The molecule has 0 N–H and O–H groups in total. The van der Waals surface area contributed by atoms with Gasteiger partial charge in [-0.1, -0.05) is 6.07 Å². The van der Waals surface area contributed by atoms with E-state index in [-0.39, 0.29) is 17.4 Å². The van der Waals surface area contributed by atoms with Gasteiger partial charge in [0.15, 0.2) is 5.03 Å². The number of aryl methyl sites for hydroxylation is 1. The fraction of sp³-hybridized carbons (Fsp3) is 0.308. The lowest BCUT2D eigenvalue weighted by Gasteiger charge is -2.00. The second-order valence-electron chi connectivity index (χ2n) is 4.17. The number of sulfone groups is 1. The van der Waals surface area contributed by atoms with Crippen molar-refractivity contribution >= 4 is 27.1 Å². The summed E-state index contributed by atoms with van der Waals surface area (Å²) in [7, 11) is -3.57. The molecule has 0 saturated heterocycles. The van der Waals surface area contributed by atoms with Crippen LogP contribution < -0.4 is 0 Å². The molecule has 2 aromatic heterocycles. The SMILES string of the molecule is CCOC(=O)c1sc(CS(=O)(=O)c2ccccn2)nc1C. The highest BCUT2D eigenvalue weighted by Gasteiger charge is 2.22. The third-order valence-electron chi connectivity index (χ3n) is 2.57. The zero-order chi connectivity index (χ0) is 15.5. The average molecular weight is 326 g/mol. The van der Waals surface area contributed by atoms with Crippen LogP contribution in [0.15, 0.2) is 29.4 Å². The number of hydrogen-bond donors (Lipinski definition) is 0. The van der Waals surface area contributed by atoms with Crippen LogP contribution in [0.25, 0.3) is 0 Å². The average Bonchev–Trinajstić information content (AvgIpc) is 2.80. The first kappa shape index (κ1) is 15.6. The van der Waals surface area contributed by atoms with Crippen molar-refractivity contribution in [3.8, 4) is 0 Å². The van der Waals surface area contributed by atoms with Crippen LogP contribution in [0.1, 0.15) is 27.3 Å². The molecular weight excluding hydrogens is 312 g/mol. The standard InChI is InChI=1S/C13H14N2O4S2/c1-3-19-13(16)12-9(2)15-10(20-12)8-21(17,18)11-6-4-5-7-14-11/h4-7H,3,8H2,1-2H3. The van der Waals surface area contributed by atoms with Gasteiger partial charge in [-0.25, -0.2) is 23.2 Å². The number of aromatic nitrogens is 2. The number of rotatable bonds is 5. The van der Waals surface area contributed by atoms with Gasteiger partial charge in [0.25, 0.3) is 0 Å². The summed E-state index contributed by atoms with van der Waals surface area (Å²) in [5.74, 6) is -0.761. The first-order valence-corrected chi connectivity index (χ1v) is 8.68. The van der Waals surface area contributed by atoms with E-state index in [4.69, 9.17) is 4.74 Å². The van der Waals surface area contributed by atoms with Gasteiger partial charge < -0.3 is 4.74 Å². The molecule has 0 aliphatic heterocycles. The number of thiazole rings is 1. The fourth-order valence-electron chi connectivity index (χ4n) is 1.67. The second kappa shape index (κ2) is 6.31. The predicted molar refractivity (Wildman–Crippen MR) is 77.9 cm³/mol. The molecule has 112 valence electrons. The molecule has 0 saturated carbocycles. The van der Waals surface area contributed by atoms with Crippen molar-refractivity contribution in [2.45, 2.75) is 24.6 Å². The predicted octanol–water partition coefficient (Wildman–Crippen LogP) is 2.00. The van der Waals surface area contributed by atoms with E-state index in [1.54, 1.807) is 26.0 Å². The van der Waals surface area contributed by atoms with Crippen LogP contribution in [0, 0.1) is 6.92 Å². The Bertz CT molecular complexity index is 739. The van der Waals surface area contributed by atoms with Gasteiger partial charge in [-0.2, -0.15) is 0 Å². The van der Waals surface area contributed by atoms with E-state index in [0.717, 1.165) is 11.3 Å². The summed E-state index contributed by atoms with van der Waals surface area (Å²) in [6.07, 6.45) is 1.42. The number of nitrogens with zero attached hydrogens (tertiary/aromatic N) is 2. The van der Waals surface area contributed by atoms with Crippen LogP contribution in [0.4, 0.5) is 0 Å². The molecule has 6 nitrogen and oxygen atoms in total. The molecule has 0 aromatic carbocycles. The van der Waals surface area contributed by atoms with E-state index in [1.165, 1.54) is 12.3 Å². The van der Waals surface area contributed by atoms with Crippen molar-refractivity contribution in [1.29, 1.82) is 0 Å². The van der Waals surface area contributed by atoms with E-state index < -0.39 is 15.8 Å². The summed E-state index contributed by atoms with van der Waals surface area (Å²) in [6.45, 7) is 3.62. The first-order chi connectivity index (χ1) is 9.94. The third-order valence-corrected chi connectivity index (χ3v) is 5.42. The van der Waals surface area contributed by atoms with Crippen LogP contribution >= 0.6 is 11.3 Å². The highest BCUT2D eigenvalue weighted by Crippen LogP contribution is 2.23. The molecule has 0 radical (unpaired) electrons. The van der Waals surface area contributed by atoms with E-state index in [1.807, 2.05) is 0 Å². The lowest BCUT2D eigenvalue weighted by Crippen LogP contribution is -2.06. The van der Waals surface area contributed by atoms with Crippen LogP contribution in [-0.2, 0) is 20.3 Å². The zero-order valence-electron chi connectivity index (χ0n) is 11.6. The largest absolute Gasteiger partial charge is 0.462 e. The second-order valence-corrected chi connectivity index (χ2v) is 7.19. The van der Waals surface area contributed by atoms with Crippen LogP contribution in [0.5, 0.6) is 0 Å². The third kappa shape index (κ3) is 3.64. The molecular formula is C13H14N2O4S2. The van der Waals surface area contributed by atoms with Gasteiger partial charge in [0.1, 0.15) is 15.6 Å². The van der Waals surface area contributed by atoms with Crippen molar-refractivity contribution < 1.29 is 17.9 Å². The number of esters is 1.